The van der Waals surface area contributed by atoms with Crippen molar-refractivity contribution in [2.75, 3.05) is 5.32 Å². The quantitative estimate of drug-likeness (QED) is 0.879. The van der Waals surface area contributed by atoms with Gasteiger partial charge in [-0.15, -0.1) is 0 Å². The highest BCUT2D eigenvalue weighted by molar-refractivity contribution is 9.10. The molecule has 92 valence electrons. The van der Waals surface area contributed by atoms with Crippen LogP contribution in [0, 0.1) is 13.8 Å². The van der Waals surface area contributed by atoms with Gasteiger partial charge in [0.15, 0.2) is 0 Å². The van der Waals surface area contributed by atoms with Gasteiger partial charge < -0.3 is 5.32 Å². The van der Waals surface area contributed by atoms with Crippen LogP contribution in [-0.4, -0.2) is 5.91 Å². The van der Waals surface area contributed by atoms with Crippen LogP contribution in [-0.2, 0) is 0 Å². The third kappa shape index (κ3) is 2.79. The lowest BCUT2D eigenvalue weighted by Crippen LogP contribution is -2.13. The molecule has 0 radical (unpaired) electrons. The number of carbonyl (C=O) groups excluding carboxylic acids is 1. The molecule has 2 aromatic rings. The number of rotatable bonds is 2. The van der Waals surface area contributed by atoms with Crippen molar-refractivity contribution in [2.24, 2.45) is 0 Å². The van der Waals surface area contributed by atoms with E-state index in [1.807, 2.05) is 44.2 Å². The standard InChI is InChI=1S/C15H14BrNO/c1-10-8-11(2)14(13(16)9-10)17-15(18)12-6-4-3-5-7-12/h3-9H,1-2H3,(H,17,18). The summed E-state index contributed by atoms with van der Waals surface area (Å²) in [4.78, 5) is 12.1. The minimum atomic E-state index is -0.0942. The summed E-state index contributed by atoms with van der Waals surface area (Å²) < 4.78 is 0.907. The number of aryl methyl sites for hydroxylation is 2. The van der Waals surface area contributed by atoms with Gasteiger partial charge in [-0.3, -0.25) is 4.79 Å². The van der Waals surface area contributed by atoms with E-state index in [2.05, 4.69) is 21.2 Å². The molecule has 1 amide bonds. The fourth-order valence-electron chi connectivity index (χ4n) is 1.85. The normalized spacial score (nSPS) is 10.2. The van der Waals surface area contributed by atoms with E-state index in [0.717, 1.165) is 21.3 Å². The highest BCUT2D eigenvalue weighted by atomic mass is 79.9. The first-order chi connectivity index (χ1) is 8.58. The fraction of sp³-hybridized carbons (Fsp3) is 0.133. The maximum absolute atomic E-state index is 12.1. The Kier molecular flexibility index (Phi) is 3.82. The van der Waals surface area contributed by atoms with Crippen LogP contribution in [0.2, 0.25) is 0 Å². The van der Waals surface area contributed by atoms with E-state index in [4.69, 9.17) is 0 Å². The Labute approximate surface area is 115 Å². The first kappa shape index (κ1) is 12.8. The molecule has 0 heterocycles. The maximum atomic E-state index is 12.1. The van der Waals surface area contributed by atoms with E-state index < -0.39 is 0 Å². The van der Waals surface area contributed by atoms with Crippen LogP contribution in [0.15, 0.2) is 46.9 Å². The molecule has 0 aliphatic rings. The van der Waals surface area contributed by atoms with Crippen LogP contribution in [0.1, 0.15) is 21.5 Å². The molecule has 0 saturated heterocycles. The molecule has 2 nitrogen and oxygen atoms in total. The predicted molar refractivity (Wildman–Crippen MR) is 78.0 cm³/mol. The maximum Gasteiger partial charge on any atom is 0.255 e. The van der Waals surface area contributed by atoms with Gasteiger partial charge in [0.05, 0.1) is 5.69 Å². The fourth-order valence-corrected chi connectivity index (χ4v) is 2.62. The lowest BCUT2D eigenvalue weighted by atomic mass is 10.1. The minimum absolute atomic E-state index is 0.0942. The van der Waals surface area contributed by atoms with E-state index in [1.165, 1.54) is 0 Å². The van der Waals surface area contributed by atoms with Gasteiger partial charge in [-0.05, 0) is 59.1 Å². The summed E-state index contributed by atoms with van der Waals surface area (Å²) in [6.07, 6.45) is 0. The van der Waals surface area contributed by atoms with Crippen molar-refractivity contribution >= 4 is 27.5 Å². The van der Waals surface area contributed by atoms with Gasteiger partial charge in [-0.2, -0.15) is 0 Å². The highest BCUT2D eigenvalue weighted by Gasteiger charge is 2.10. The van der Waals surface area contributed by atoms with E-state index >= 15 is 0 Å². The monoisotopic (exact) mass is 303 g/mol. The molecule has 3 heteroatoms. The molecule has 2 rings (SSSR count). The summed E-state index contributed by atoms with van der Waals surface area (Å²) in [7, 11) is 0. The first-order valence-corrected chi connectivity index (χ1v) is 6.50. The Morgan fingerprint density at radius 1 is 1.11 bits per heavy atom. The molecule has 0 atom stereocenters. The number of benzene rings is 2. The van der Waals surface area contributed by atoms with Gasteiger partial charge in [0.1, 0.15) is 0 Å². The Morgan fingerprint density at radius 3 is 2.39 bits per heavy atom. The lowest BCUT2D eigenvalue weighted by molar-refractivity contribution is 0.102. The number of amides is 1. The third-order valence-electron chi connectivity index (χ3n) is 2.71. The van der Waals surface area contributed by atoms with Gasteiger partial charge in [-0.1, -0.05) is 24.3 Å². The number of halogens is 1. The van der Waals surface area contributed by atoms with Gasteiger partial charge in [-0.25, -0.2) is 0 Å². The summed E-state index contributed by atoms with van der Waals surface area (Å²) in [5.74, 6) is -0.0942. The average molecular weight is 304 g/mol. The molecule has 0 bridgehead atoms. The Morgan fingerprint density at radius 2 is 1.78 bits per heavy atom. The molecule has 1 N–H and O–H groups in total. The minimum Gasteiger partial charge on any atom is -0.321 e. The van der Waals surface area contributed by atoms with E-state index in [9.17, 15) is 4.79 Å². The van der Waals surface area contributed by atoms with Crippen LogP contribution in [0.3, 0.4) is 0 Å². The second-order valence-corrected chi connectivity index (χ2v) is 5.11. The van der Waals surface area contributed by atoms with E-state index in [1.54, 1.807) is 12.1 Å². The Hall–Kier alpha value is -1.61. The summed E-state index contributed by atoms with van der Waals surface area (Å²) >= 11 is 3.48. The second kappa shape index (κ2) is 5.36. The highest BCUT2D eigenvalue weighted by Crippen LogP contribution is 2.28. The number of carbonyl (C=O) groups is 1. The zero-order chi connectivity index (χ0) is 13.1. The van der Waals surface area contributed by atoms with Crippen molar-refractivity contribution in [1.29, 1.82) is 0 Å². The van der Waals surface area contributed by atoms with Crippen molar-refractivity contribution < 1.29 is 4.79 Å². The summed E-state index contributed by atoms with van der Waals surface area (Å²) in [5, 5.41) is 2.94. The summed E-state index contributed by atoms with van der Waals surface area (Å²) in [5.41, 5.74) is 3.70. The smallest absolute Gasteiger partial charge is 0.255 e. The molecule has 0 saturated carbocycles. The van der Waals surface area contributed by atoms with Crippen molar-refractivity contribution in [2.45, 2.75) is 13.8 Å². The number of hydrogen-bond donors (Lipinski definition) is 1. The molecule has 0 unspecified atom stereocenters. The van der Waals surface area contributed by atoms with Crippen LogP contribution >= 0.6 is 15.9 Å². The SMILES string of the molecule is Cc1cc(C)c(NC(=O)c2ccccc2)c(Br)c1. The van der Waals surface area contributed by atoms with Gasteiger partial charge in [0.25, 0.3) is 5.91 Å². The van der Waals surface area contributed by atoms with E-state index in [-0.39, 0.29) is 5.91 Å². The Bertz CT molecular complexity index is 555. The average Bonchev–Trinajstić information content (AvgIpc) is 2.34. The van der Waals surface area contributed by atoms with E-state index in [0.29, 0.717) is 5.56 Å². The van der Waals surface area contributed by atoms with Crippen molar-refractivity contribution in [1.82, 2.24) is 0 Å². The van der Waals surface area contributed by atoms with Gasteiger partial charge in [0, 0.05) is 10.0 Å². The zero-order valence-corrected chi connectivity index (χ0v) is 11.9. The van der Waals surface area contributed by atoms with Gasteiger partial charge >= 0.3 is 0 Å². The van der Waals surface area contributed by atoms with Crippen molar-refractivity contribution in [3.63, 3.8) is 0 Å². The molecule has 18 heavy (non-hydrogen) atoms. The van der Waals surface area contributed by atoms with Crippen LogP contribution in [0.4, 0.5) is 5.69 Å². The molecule has 0 fully saturated rings. The third-order valence-corrected chi connectivity index (χ3v) is 3.33. The van der Waals surface area contributed by atoms with Crippen LogP contribution < -0.4 is 5.32 Å². The number of nitrogens with one attached hydrogen (secondary N) is 1. The topological polar surface area (TPSA) is 29.1 Å². The lowest BCUT2D eigenvalue weighted by Gasteiger charge is -2.11. The Balaban J connectivity index is 2.28. The number of hydrogen-bond acceptors (Lipinski definition) is 1. The predicted octanol–water partition coefficient (Wildman–Crippen LogP) is 4.32. The molecule has 2 aromatic carbocycles. The molecule has 0 spiro atoms. The molecule has 0 aliphatic heterocycles. The largest absolute Gasteiger partial charge is 0.321 e. The summed E-state index contributed by atoms with van der Waals surface area (Å²) in [6.45, 7) is 4.01. The molecular weight excluding hydrogens is 290 g/mol. The van der Waals surface area contributed by atoms with Crippen LogP contribution in [0.25, 0.3) is 0 Å². The first-order valence-electron chi connectivity index (χ1n) is 5.71. The van der Waals surface area contributed by atoms with Crippen LogP contribution in [0.5, 0.6) is 0 Å². The molecule has 0 aromatic heterocycles. The van der Waals surface area contributed by atoms with Gasteiger partial charge in [0.2, 0.25) is 0 Å². The zero-order valence-electron chi connectivity index (χ0n) is 10.3. The molecule has 0 aliphatic carbocycles. The second-order valence-electron chi connectivity index (χ2n) is 4.26. The summed E-state index contributed by atoms with van der Waals surface area (Å²) in [6, 6.07) is 13.2. The van der Waals surface area contributed by atoms with Crippen molar-refractivity contribution in [3.05, 3.63) is 63.6 Å². The molecular formula is C15H14BrNO. The number of anilines is 1. The van der Waals surface area contributed by atoms with Crippen molar-refractivity contribution in [3.8, 4) is 0 Å².